The van der Waals surface area contributed by atoms with E-state index in [9.17, 15) is 23.6 Å². The Morgan fingerprint density at radius 1 is 1.23 bits per heavy atom. The van der Waals surface area contributed by atoms with E-state index < -0.39 is 16.0 Å². The summed E-state index contributed by atoms with van der Waals surface area (Å²) in [6, 6.07) is 9.21. The van der Waals surface area contributed by atoms with Gasteiger partial charge in [0.2, 0.25) is 10.0 Å². The maximum atomic E-state index is 13.2. The quantitative estimate of drug-likeness (QED) is 0.732. The lowest BCUT2D eigenvalue weighted by Gasteiger charge is -2.18. The Bertz CT molecular complexity index is 1130. The van der Waals surface area contributed by atoms with E-state index in [4.69, 9.17) is 0 Å². The Labute approximate surface area is 176 Å². The molecule has 1 aliphatic heterocycles. The summed E-state index contributed by atoms with van der Waals surface area (Å²) in [6.45, 7) is 2.68. The van der Waals surface area contributed by atoms with E-state index >= 15 is 0 Å². The van der Waals surface area contributed by atoms with Crippen LogP contribution in [0.2, 0.25) is 0 Å². The Morgan fingerprint density at radius 2 is 1.90 bits per heavy atom. The highest BCUT2D eigenvalue weighted by Gasteiger charge is 2.34. The predicted octanol–water partition coefficient (Wildman–Crippen LogP) is 3.01. The van der Waals surface area contributed by atoms with Crippen LogP contribution < -0.4 is 0 Å². The molecule has 0 radical (unpaired) electrons. The molecule has 2 aromatic rings. The third-order valence-electron chi connectivity index (χ3n) is 6.08. The van der Waals surface area contributed by atoms with Gasteiger partial charge in [0.1, 0.15) is 12.6 Å². The van der Waals surface area contributed by atoms with Crippen molar-refractivity contribution in [2.24, 2.45) is 0 Å². The highest BCUT2D eigenvalue weighted by atomic mass is 32.2. The molecule has 1 aromatic heterocycles. The molecule has 0 bridgehead atoms. The van der Waals surface area contributed by atoms with Gasteiger partial charge in [0.05, 0.1) is 10.5 Å². The number of rotatable bonds is 7. The number of hydrogen-bond donors (Lipinski definition) is 1. The smallest absolute Gasteiger partial charge is 0.323 e. The molecule has 0 spiro atoms. The Balaban J connectivity index is 1.79. The van der Waals surface area contributed by atoms with Crippen LogP contribution in [0.15, 0.2) is 29.2 Å². The topological polar surface area (TPSA) is 103 Å². The van der Waals surface area contributed by atoms with Crippen LogP contribution in [-0.2, 0) is 27.8 Å². The molecule has 0 amide bonds. The van der Waals surface area contributed by atoms with Gasteiger partial charge in [-0.05, 0) is 49.8 Å². The van der Waals surface area contributed by atoms with Gasteiger partial charge in [-0.2, -0.15) is 9.57 Å². The summed E-state index contributed by atoms with van der Waals surface area (Å²) in [4.78, 5) is 11.7. The molecule has 1 saturated carbocycles. The van der Waals surface area contributed by atoms with Gasteiger partial charge < -0.3 is 9.67 Å². The molecule has 158 valence electrons. The Morgan fingerprint density at radius 3 is 2.50 bits per heavy atom. The van der Waals surface area contributed by atoms with Crippen LogP contribution in [0.5, 0.6) is 0 Å². The molecule has 0 atom stereocenters. The first-order valence-electron chi connectivity index (χ1n) is 10.3. The molecule has 8 heteroatoms. The fourth-order valence-corrected chi connectivity index (χ4v) is 6.17. The lowest BCUT2D eigenvalue weighted by atomic mass is 10.00. The first-order valence-corrected chi connectivity index (χ1v) is 11.7. The number of nitriles is 1. The van der Waals surface area contributed by atoms with E-state index in [-0.39, 0.29) is 23.8 Å². The summed E-state index contributed by atoms with van der Waals surface area (Å²) >= 11 is 0. The molecule has 1 aromatic carbocycles. The van der Waals surface area contributed by atoms with Crippen LogP contribution in [-0.4, -0.2) is 41.5 Å². The van der Waals surface area contributed by atoms with E-state index in [1.807, 2.05) is 6.92 Å². The summed E-state index contributed by atoms with van der Waals surface area (Å²) in [5.41, 5.74) is 3.38. The maximum absolute atomic E-state index is 13.2. The molecule has 1 N–H and O–H groups in total. The molecule has 7 nitrogen and oxygen atoms in total. The van der Waals surface area contributed by atoms with Gasteiger partial charge in [-0.25, -0.2) is 8.42 Å². The molecular formula is C22H25N3O4S. The first-order chi connectivity index (χ1) is 14.3. The van der Waals surface area contributed by atoms with Gasteiger partial charge in [0.15, 0.2) is 0 Å². The van der Waals surface area contributed by atoms with Crippen molar-refractivity contribution >= 4 is 16.0 Å². The van der Waals surface area contributed by atoms with Crippen molar-refractivity contribution in [1.82, 2.24) is 8.87 Å². The van der Waals surface area contributed by atoms with Crippen LogP contribution in [0.4, 0.5) is 0 Å². The molecular weight excluding hydrogens is 402 g/mol. The molecule has 4 rings (SSSR count). The average molecular weight is 428 g/mol. The number of carboxylic acids is 1. The van der Waals surface area contributed by atoms with Crippen LogP contribution in [0, 0.1) is 18.3 Å². The standard InChI is InChI=1S/C22H25N3O4S/c1-15-18(19(13-23)22(16-8-9-16)25(15)14-21(26)27)12-17-6-2-3-7-20(17)30(28,29)24-10-4-5-11-24/h2-3,6-7,16H,4-5,8-12,14H2,1H3,(H,26,27). The lowest BCUT2D eigenvalue weighted by Crippen LogP contribution is -2.28. The van der Waals surface area contributed by atoms with Crippen molar-refractivity contribution in [3.05, 3.63) is 52.3 Å². The van der Waals surface area contributed by atoms with E-state index in [0.717, 1.165) is 42.6 Å². The number of nitrogens with zero attached hydrogens (tertiary/aromatic N) is 3. The van der Waals surface area contributed by atoms with Gasteiger partial charge in [0.25, 0.3) is 0 Å². The van der Waals surface area contributed by atoms with Crippen molar-refractivity contribution in [2.45, 2.75) is 56.4 Å². The second-order valence-corrected chi connectivity index (χ2v) is 9.99. The summed E-state index contributed by atoms with van der Waals surface area (Å²) in [7, 11) is -3.60. The molecule has 1 saturated heterocycles. The number of hydrogen-bond acceptors (Lipinski definition) is 4. The van der Waals surface area contributed by atoms with Crippen molar-refractivity contribution < 1.29 is 18.3 Å². The lowest BCUT2D eigenvalue weighted by molar-refractivity contribution is -0.137. The third-order valence-corrected chi connectivity index (χ3v) is 8.08. The average Bonchev–Trinajstić information content (AvgIpc) is 3.31. The zero-order valence-electron chi connectivity index (χ0n) is 17.0. The van der Waals surface area contributed by atoms with Gasteiger partial charge in [-0.1, -0.05) is 18.2 Å². The zero-order chi connectivity index (χ0) is 21.5. The molecule has 30 heavy (non-hydrogen) atoms. The Hall–Kier alpha value is -2.63. The minimum absolute atomic E-state index is 0.194. The number of aromatic nitrogens is 1. The van der Waals surface area contributed by atoms with Crippen molar-refractivity contribution in [1.29, 1.82) is 5.26 Å². The summed E-state index contributed by atoms with van der Waals surface area (Å²) in [6.07, 6.45) is 3.89. The fourth-order valence-electron chi connectivity index (χ4n) is 4.43. The minimum atomic E-state index is -3.60. The highest BCUT2D eigenvalue weighted by Crippen LogP contribution is 2.44. The van der Waals surface area contributed by atoms with Gasteiger partial charge in [0, 0.05) is 36.8 Å². The highest BCUT2D eigenvalue weighted by molar-refractivity contribution is 7.89. The minimum Gasteiger partial charge on any atom is -0.480 e. The number of carbonyl (C=O) groups is 1. The van der Waals surface area contributed by atoms with Crippen molar-refractivity contribution in [3.8, 4) is 6.07 Å². The number of sulfonamides is 1. The summed E-state index contributed by atoms with van der Waals surface area (Å²) < 4.78 is 29.6. The normalized spacial score (nSPS) is 17.2. The van der Waals surface area contributed by atoms with Crippen LogP contribution in [0.25, 0.3) is 0 Å². The van der Waals surface area contributed by atoms with E-state index in [1.165, 1.54) is 4.31 Å². The predicted molar refractivity (Wildman–Crippen MR) is 111 cm³/mol. The third kappa shape index (κ3) is 3.64. The molecule has 2 heterocycles. The van der Waals surface area contributed by atoms with Crippen LogP contribution in [0.1, 0.15) is 59.7 Å². The van der Waals surface area contributed by atoms with Gasteiger partial charge >= 0.3 is 5.97 Å². The van der Waals surface area contributed by atoms with E-state index in [0.29, 0.717) is 24.2 Å². The van der Waals surface area contributed by atoms with Crippen LogP contribution >= 0.6 is 0 Å². The largest absolute Gasteiger partial charge is 0.480 e. The monoisotopic (exact) mass is 427 g/mol. The number of aliphatic carboxylic acids is 1. The van der Waals surface area contributed by atoms with Gasteiger partial charge in [-0.15, -0.1) is 0 Å². The molecule has 2 fully saturated rings. The molecule has 0 unspecified atom stereocenters. The van der Waals surface area contributed by atoms with Crippen LogP contribution in [0.3, 0.4) is 0 Å². The second kappa shape index (κ2) is 7.89. The maximum Gasteiger partial charge on any atom is 0.323 e. The zero-order valence-corrected chi connectivity index (χ0v) is 17.8. The van der Waals surface area contributed by atoms with Gasteiger partial charge in [-0.3, -0.25) is 4.79 Å². The fraction of sp³-hybridized carbons (Fsp3) is 0.455. The summed E-state index contributed by atoms with van der Waals surface area (Å²) in [5, 5.41) is 19.3. The number of carboxylic acid groups (broad SMARTS) is 1. The Kier molecular flexibility index (Phi) is 5.43. The molecule has 1 aliphatic carbocycles. The van der Waals surface area contributed by atoms with Crippen molar-refractivity contribution in [2.75, 3.05) is 13.1 Å². The van der Waals surface area contributed by atoms with E-state index in [1.54, 1.807) is 28.8 Å². The SMILES string of the molecule is Cc1c(Cc2ccccc2S(=O)(=O)N2CCCC2)c(C#N)c(C2CC2)n1CC(=O)O. The second-order valence-electron chi connectivity index (χ2n) is 8.09. The number of benzene rings is 1. The molecule has 2 aliphatic rings. The first kappa shape index (κ1) is 20.6. The van der Waals surface area contributed by atoms with E-state index in [2.05, 4.69) is 6.07 Å². The summed E-state index contributed by atoms with van der Waals surface area (Å²) in [5.74, 6) is -0.752. The van der Waals surface area contributed by atoms with Crippen molar-refractivity contribution in [3.63, 3.8) is 0 Å².